The maximum atomic E-state index is 10.4. The molecule has 1 aromatic rings. The minimum absolute atomic E-state index is 0. The predicted molar refractivity (Wildman–Crippen MR) is 56.0 cm³/mol. The second kappa shape index (κ2) is 5.97. The zero-order chi connectivity index (χ0) is 9.84. The van der Waals surface area contributed by atoms with Crippen LogP contribution in [-0.2, 0) is 11.2 Å². The van der Waals surface area contributed by atoms with Gasteiger partial charge in [-0.1, -0.05) is 12.1 Å². The average Bonchev–Trinajstić information content (AvgIpc) is 2.08. The number of aliphatic carboxylic acids is 1. The summed E-state index contributed by atoms with van der Waals surface area (Å²) in [5.74, 6) is -0.860. The van der Waals surface area contributed by atoms with Gasteiger partial charge in [0.05, 0.1) is 0 Å². The van der Waals surface area contributed by atoms with Gasteiger partial charge in [-0.2, -0.15) is 0 Å². The molecule has 0 saturated heterocycles. The summed E-state index contributed by atoms with van der Waals surface area (Å²) in [6.07, 6.45) is 0.273. The number of carboxylic acid groups (broad SMARTS) is 1. The van der Waals surface area contributed by atoms with Crippen molar-refractivity contribution in [3.63, 3.8) is 0 Å². The van der Waals surface area contributed by atoms with Crippen molar-refractivity contribution >= 4 is 33.3 Å². The molecule has 5 heteroatoms. The van der Waals surface area contributed by atoms with Crippen LogP contribution in [0, 0.1) is 0 Å². The van der Waals surface area contributed by atoms with Crippen LogP contribution < -0.4 is 5.73 Å². The van der Waals surface area contributed by atoms with Crippen LogP contribution in [0.3, 0.4) is 0 Å². The van der Waals surface area contributed by atoms with Crippen molar-refractivity contribution < 1.29 is 15.0 Å². The molecule has 0 spiro atoms. The standard InChI is InChI=1S/C9H11NO3.Pb.2H/c10-8(9(12)13)5-6-1-3-7(11)4-2-6;;;/h1-4,8,11H,5,10H2,(H,12,13);;;. The second-order valence-corrected chi connectivity index (χ2v) is 2.82. The van der Waals surface area contributed by atoms with Crippen molar-refractivity contribution in [1.29, 1.82) is 0 Å². The second-order valence-electron chi connectivity index (χ2n) is 2.82. The third-order valence-electron chi connectivity index (χ3n) is 1.71. The number of phenols is 1. The van der Waals surface area contributed by atoms with Crippen LogP contribution >= 0.6 is 0 Å². The van der Waals surface area contributed by atoms with Crippen LogP contribution in [0.4, 0.5) is 0 Å². The third-order valence-corrected chi connectivity index (χ3v) is 1.71. The van der Waals surface area contributed by atoms with Gasteiger partial charge in [0, 0.05) is 0 Å². The SMILES string of the molecule is NC(Cc1ccc(O)cc1)C(=O)O.[PbH2]. The Hall–Kier alpha value is -0.628. The third kappa shape index (κ3) is 4.05. The molecular formula is C9H13NO3Pb. The van der Waals surface area contributed by atoms with E-state index in [2.05, 4.69) is 0 Å². The molecule has 14 heavy (non-hydrogen) atoms. The first-order valence-corrected chi connectivity index (χ1v) is 3.86. The van der Waals surface area contributed by atoms with Crippen molar-refractivity contribution in [2.24, 2.45) is 5.73 Å². The molecule has 0 aliphatic carbocycles. The summed E-state index contributed by atoms with van der Waals surface area (Å²) in [5.41, 5.74) is 6.12. The van der Waals surface area contributed by atoms with Crippen LogP contribution in [0.1, 0.15) is 5.56 Å². The van der Waals surface area contributed by atoms with Crippen LogP contribution in [0.2, 0.25) is 0 Å². The molecule has 0 fully saturated rings. The van der Waals surface area contributed by atoms with Gasteiger partial charge in [0.15, 0.2) is 0 Å². The van der Waals surface area contributed by atoms with Crippen LogP contribution in [0.25, 0.3) is 0 Å². The molecule has 1 unspecified atom stereocenters. The van der Waals surface area contributed by atoms with Crippen LogP contribution in [-0.4, -0.2) is 49.5 Å². The van der Waals surface area contributed by atoms with E-state index in [1.165, 1.54) is 12.1 Å². The zero-order valence-electron chi connectivity index (χ0n) is 7.68. The van der Waals surface area contributed by atoms with E-state index in [4.69, 9.17) is 15.9 Å². The summed E-state index contributed by atoms with van der Waals surface area (Å²) in [6.45, 7) is 0. The molecule has 0 bridgehead atoms. The first-order valence-electron chi connectivity index (χ1n) is 3.86. The molecular weight excluding hydrogens is 377 g/mol. The summed E-state index contributed by atoms with van der Waals surface area (Å²) >= 11 is 0. The molecule has 76 valence electrons. The molecule has 1 atom stereocenters. The van der Waals surface area contributed by atoms with E-state index in [1.54, 1.807) is 12.1 Å². The molecule has 0 saturated carbocycles. The summed E-state index contributed by atoms with van der Waals surface area (Å²) in [6, 6.07) is 5.42. The number of benzene rings is 1. The summed E-state index contributed by atoms with van der Waals surface area (Å²) in [7, 11) is 0. The molecule has 0 aliphatic rings. The van der Waals surface area contributed by atoms with E-state index in [-0.39, 0.29) is 39.5 Å². The van der Waals surface area contributed by atoms with Gasteiger partial charge in [-0.05, 0) is 24.1 Å². The van der Waals surface area contributed by atoms with Crippen molar-refractivity contribution in [2.75, 3.05) is 0 Å². The van der Waals surface area contributed by atoms with Crippen molar-refractivity contribution in [3.8, 4) is 5.75 Å². The number of carbonyl (C=O) groups is 1. The van der Waals surface area contributed by atoms with Gasteiger partial charge in [0.1, 0.15) is 11.8 Å². The fourth-order valence-electron chi connectivity index (χ4n) is 0.973. The van der Waals surface area contributed by atoms with Gasteiger partial charge in [0.25, 0.3) is 0 Å². The Balaban J connectivity index is 0.00000169. The molecule has 2 radical (unpaired) electrons. The van der Waals surface area contributed by atoms with E-state index < -0.39 is 12.0 Å². The minimum atomic E-state index is -1.02. The summed E-state index contributed by atoms with van der Waals surface area (Å²) in [4.78, 5) is 10.4. The number of rotatable bonds is 3. The summed E-state index contributed by atoms with van der Waals surface area (Å²) < 4.78 is 0. The molecule has 0 aliphatic heterocycles. The molecule has 0 aromatic heterocycles. The number of hydrogen-bond donors (Lipinski definition) is 3. The quantitative estimate of drug-likeness (QED) is 0.604. The number of hydrogen-bond acceptors (Lipinski definition) is 3. The molecule has 1 aromatic carbocycles. The van der Waals surface area contributed by atoms with E-state index in [9.17, 15) is 4.79 Å². The van der Waals surface area contributed by atoms with Crippen molar-refractivity contribution in [3.05, 3.63) is 29.8 Å². The van der Waals surface area contributed by atoms with Crippen molar-refractivity contribution in [2.45, 2.75) is 12.5 Å². The van der Waals surface area contributed by atoms with Gasteiger partial charge in [0.2, 0.25) is 0 Å². The molecule has 1 rings (SSSR count). The number of carboxylic acids is 1. The van der Waals surface area contributed by atoms with E-state index in [0.717, 1.165) is 5.56 Å². The van der Waals surface area contributed by atoms with Gasteiger partial charge in [-0.25, -0.2) is 0 Å². The predicted octanol–water partition coefficient (Wildman–Crippen LogP) is -0.570. The van der Waals surface area contributed by atoms with Gasteiger partial charge in [-0.3, -0.25) is 4.79 Å². The Kier molecular flexibility index (Phi) is 5.70. The molecule has 4 N–H and O–H groups in total. The Bertz CT molecular complexity index is 299. The fraction of sp³-hybridized carbons (Fsp3) is 0.222. The van der Waals surface area contributed by atoms with E-state index in [0.29, 0.717) is 0 Å². The fourth-order valence-corrected chi connectivity index (χ4v) is 0.973. The Labute approximate surface area is 102 Å². The van der Waals surface area contributed by atoms with E-state index >= 15 is 0 Å². The monoisotopic (exact) mass is 391 g/mol. The van der Waals surface area contributed by atoms with Crippen LogP contribution in [0.5, 0.6) is 5.75 Å². The topological polar surface area (TPSA) is 83.5 Å². The Morgan fingerprint density at radius 1 is 1.36 bits per heavy atom. The normalized spacial score (nSPS) is 11.5. The molecule has 4 nitrogen and oxygen atoms in total. The molecule has 0 amide bonds. The maximum absolute atomic E-state index is 10.4. The molecule has 0 heterocycles. The zero-order valence-corrected chi connectivity index (χ0v) is 13.2. The first kappa shape index (κ1) is 13.4. The summed E-state index contributed by atoms with van der Waals surface area (Å²) in [5, 5.41) is 17.5. The van der Waals surface area contributed by atoms with Crippen molar-refractivity contribution in [1.82, 2.24) is 0 Å². The van der Waals surface area contributed by atoms with Gasteiger partial charge in [-0.15, -0.1) is 0 Å². The van der Waals surface area contributed by atoms with Crippen LogP contribution in [0.15, 0.2) is 24.3 Å². The van der Waals surface area contributed by atoms with E-state index in [1.807, 2.05) is 0 Å². The Morgan fingerprint density at radius 2 is 1.86 bits per heavy atom. The number of nitrogens with two attached hydrogens (primary N) is 1. The number of phenolic OH excluding ortho intramolecular Hbond substituents is 1. The first-order chi connectivity index (χ1) is 6.09. The Morgan fingerprint density at radius 3 is 2.29 bits per heavy atom. The van der Waals surface area contributed by atoms with Gasteiger partial charge < -0.3 is 15.9 Å². The van der Waals surface area contributed by atoms with Gasteiger partial charge >= 0.3 is 33.3 Å². The average molecular weight is 390 g/mol. The number of aromatic hydroxyl groups is 1.